The van der Waals surface area contributed by atoms with Crippen LogP contribution in [0.2, 0.25) is 0 Å². The Hall–Kier alpha value is -4.04. The van der Waals surface area contributed by atoms with E-state index in [-0.39, 0.29) is 30.6 Å². The zero-order valence-electron chi connectivity index (χ0n) is 21.5. The van der Waals surface area contributed by atoms with E-state index < -0.39 is 32.8 Å². The maximum absolute atomic E-state index is 13.9. The summed E-state index contributed by atoms with van der Waals surface area (Å²) < 4.78 is 65.0. The molecule has 0 bridgehead atoms. The van der Waals surface area contributed by atoms with Crippen LogP contribution in [0, 0.1) is 5.82 Å². The minimum absolute atomic E-state index is 0.102. The van der Waals surface area contributed by atoms with Gasteiger partial charge in [-0.15, -0.1) is 10.2 Å². The SMILES string of the molecule is COc1cccc(OC)c1-n1c(CS(=O)(=O)[C@H]2C[C@H](OC)CN(c3ncc(F)cn3)C2)nnc1-c1ccco1. The number of aromatic nitrogens is 5. The molecule has 0 amide bonds. The summed E-state index contributed by atoms with van der Waals surface area (Å²) in [5.74, 6) is 0.870. The van der Waals surface area contributed by atoms with Gasteiger partial charge in [-0.2, -0.15) is 0 Å². The molecule has 1 aliphatic rings. The normalized spacial score (nSPS) is 17.8. The smallest absolute Gasteiger partial charge is 0.225 e. The van der Waals surface area contributed by atoms with Crippen molar-refractivity contribution >= 4 is 15.8 Å². The number of anilines is 1. The van der Waals surface area contributed by atoms with E-state index in [0.29, 0.717) is 29.5 Å². The average molecular weight is 559 g/mol. The molecule has 0 N–H and O–H groups in total. The van der Waals surface area contributed by atoms with E-state index in [1.165, 1.54) is 27.6 Å². The second-order valence-corrected chi connectivity index (χ2v) is 11.2. The van der Waals surface area contributed by atoms with Gasteiger partial charge in [-0.25, -0.2) is 22.8 Å². The number of sulfone groups is 1. The van der Waals surface area contributed by atoms with Crippen molar-refractivity contribution in [1.82, 2.24) is 24.7 Å². The fourth-order valence-electron chi connectivity index (χ4n) is 4.63. The molecule has 206 valence electrons. The lowest BCUT2D eigenvalue weighted by molar-refractivity contribution is 0.0897. The van der Waals surface area contributed by atoms with Gasteiger partial charge < -0.3 is 23.5 Å². The van der Waals surface area contributed by atoms with Gasteiger partial charge in [0, 0.05) is 20.2 Å². The lowest BCUT2D eigenvalue weighted by atomic mass is 10.1. The van der Waals surface area contributed by atoms with Gasteiger partial charge >= 0.3 is 0 Å². The highest BCUT2D eigenvalue weighted by Gasteiger charge is 2.38. The second kappa shape index (κ2) is 11.0. The van der Waals surface area contributed by atoms with Crippen LogP contribution in [0.15, 0.2) is 53.4 Å². The summed E-state index contributed by atoms with van der Waals surface area (Å²) in [7, 11) is 0.686. The molecule has 12 nitrogen and oxygen atoms in total. The molecule has 0 aliphatic carbocycles. The van der Waals surface area contributed by atoms with Crippen molar-refractivity contribution in [2.75, 3.05) is 39.3 Å². The number of para-hydroxylation sites is 1. The lowest BCUT2D eigenvalue weighted by Crippen LogP contribution is -2.50. The first-order valence-electron chi connectivity index (χ1n) is 12.0. The Morgan fingerprint density at radius 1 is 1.03 bits per heavy atom. The molecule has 1 aliphatic heterocycles. The molecule has 1 saturated heterocycles. The molecular weight excluding hydrogens is 531 g/mol. The van der Waals surface area contributed by atoms with Crippen LogP contribution in [-0.4, -0.2) is 78.9 Å². The van der Waals surface area contributed by atoms with Gasteiger partial charge in [-0.3, -0.25) is 4.57 Å². The number of rotatable bonds is 9. The highest BCUT2D eigenvalue weighted by molar-refractivity contribution is 7.91. The number of furan rings is 1. The van der Waals surface area contributed by atoms with Gasteiger partial charge in [0.25, 0.3) is 0 Å². The van der Waals surface area contributed by atoms with E-state index in [4.69, 9.17) is 18.6 Å². The van der Waals surface area contributed by atoms with Crippen LogP contribution in [-0.2, 0) is 20.3 Å². The summed E-state index contributed by atoms with van der Waals surface area (Å²) in [6.45, 7) is 0.469. The molecular formula is C25H27FN6O6S. The Labute approximate surface area is 224 Å². The summed E-state index contributed by atoms with van der Waals surface area (Å²) in [5.41, 5.74) is 0.434. The van der Waals surface area contributed by atoms with Gasteiger partial charge in [-0.1, -0.05) is 6.07 Å². The highest BCUT2D eigenvalue weighted by Crippen LogP contribution is 2.37. The topological polar surface area (TPSA) is 135 Å². The lowest BCUT2D eigenvalue weighted by Gasteiger charge is -2.36. The Morgan fingerprint density at radius 2 is 1.74 bits per heavy atom. The van der Waals surface area contributed by atoms with Crippen molar-refractivity contribution in [2.45, 2.75) is 23.5 Å². The molecule has 1 aromatic carbocycles. The number of methoxy groups -OCH3 is 3. The van der Waals surface area contributed by atoms with E-state index in [2.05, 4.69) is 20.2 Å². The summed E-state index contributed by atoms with van der Waals surface area (Å²) in [4.78, 5) is 9.72. The van der Waals surface area contributed by atoms with Crippen molar-refractivity contribution in [3.05, 3.63) is 60.6 Å². The second-order valence-electron chi connectivity index (χ2n) is 8.89. The molecule has 0 saturated carbocycles. The number of halogens is 1. The number of benzene rings is 1. The van der Waals surface area contributed by atoms with E-state index in [9.17, 15) is 12.8 Å². The van der Waals surface area contributed by atoms with Crippen LogP contribution in [0.5, 0.6) is 11.5 Å². The molecule has 0 spiro atoms. The number of hydrogen-bond donors (Lipinski definition) is 0. The standard InChI is InChI=1S/C25H27FN6O6S/c1-35-17-10-18(14-31(13-17)25-27-11-16(26)12-28-25)39(33,34)15-22-29-30-24(21-8-5-9-38-21)32(22)23-19(36-2)6-4-7-20(23)37-3/h4-9,11-12,17-18H,10,13-15H2,1-3H3/t17-,18-/m0/s1. The Balaban J connectivity index is 1.54. The summed E-state index contributed by atoms with van der Waals surface area (Å²) in [5, 5.41) is 7.68. The zero-order chi connectivity index (χ0) is 27.6. The average Bonchev–Trinajstić information content (AvgIpc) is 3.62. The number of hydrogen-bond acceptors (Lipinski definition) is 11. The van der Waals surface area contributed by atoms with Gasteiger partial charge in [0.2, 0.25) is 11.8 Å². The van der Waals surface area contributed by atoms with E-state index in [0.717, 1.165) is 12.4 Å². The molecule has 39 heavy (non-hydrogen) atoms. The predicted molar refractivity (Wildman–Crippen MR) is 138 cm³/mol. The first-order valence-corrected chi connectivity index (χ1v) is 13.7. The van der Waals surface area contributed by atoms with Crippen LogP contribution >= 0.6 is 0 Å². The number of piperidine rings is 1. The van der Waals surface area contributed by atoms with Gasteiger partial charge in [0.05, 0.1) is 44.2 Å². The molecule has 14 heteroatoms. The van der Waals surface area contributed by atoms with E-state index in [1.54, 1.807) is 39.8 Å². The molecule has 5 rings (SSSR count). The summed E-state index contributed by atoms with van der Waals surface area (Å²) in [6.07, 6.45) is 3.43. The minimum atomic E-state index is -3.84. The van der Waals surface area contributed by atoms with Crippen LogP contribution in [0.4, 0.5) is 10.3 Å². The van der Waals surface area contributed by atoms with Crippen molar-refractivity contribution in [3.63, 3.8) is 0 Å². The van der Waals surface area contributed by atoms with Crippen LogP contribution in [0.1, 0.15) is 12.2 Å². The van der Waals surface area contributed by atoms with Crippen LogP contribution in [0.3, 0.4) is 0 Å². The van der Waals surface area contributed by atoms with Gasteiger partial charge in [0.1, 0.15) is 22.9 Å². The first kappa shape index (κ1) is 26.6. The van der Waals surface area contributed by atoms with Gasteiger partial charge in [-0.05, 0) is 30.7 Å². The fraction of sp³-hybridized carbons (Fsp3) is 0.360. The number of nitrogens with zero attached hydrogens (tertiary/aromatic N) is 6. The maximum atomic E-state index is 13.9. The third kappa shape index (κ3) is 5.29. The Morgan fingerprint density at radius 3 is 2.36 bits per heavy atom. The largest absolute Gasteiger partial charge is 0.494 e. The van der Waals surface area contributed by atoms with Crippen LogP contribution < -0.4 is 14.4 Å². The molecule has 2 atom stereocenters. The fourth-order valence-corrected chi connectivity index (χ4v) is 6.33. The predicted octanol–water partition coefficient (Wildman–Crippen LogP) is 2.68. The molecule has 4 aromatic rings. The van der Waals surface area contributed by atoms with Crippen LogP contribution in [0.25, 0.3) is 17.3 Å². The third-order valence-electron chi connectivity index (χ3n) is 6.53. The summed E-state index contributed by atoms with van der Waals surface area (Å²) >= 11 is 0. The Bertz CT molecular complexity index is 1500. The minimum Gasteiger partial charge on any atom is -0.494 e. The van der Waals surface area contributed by atoms with Crippen molar-refractivity contribution in [2.24, 2.45) is 0 Å². The van der Waals surface area contributed by atoms with E-state index in [1.807, 2.05) is 0 Å². The third-order valence-corrected chi connectivity index (χ3v) is 8.55. The molecule has 1 fully saturated rings. The molecule has 0 radical (unpaired) electrons. The zero-order valence-corrected chi connectivity index (χ0v) is 22.3. The molecule has 3 aromatic heterocycles. The van der Waals surface area contributed by atoms with E-state index >= 15 is 0 Å². The number of ether oxygens (including phenoxy) is 3. The Kier molecular flexibility index (Phi) is 7.48. The monoisotopic (exact) mass is 558 g/mol. The van der Waals surface area contributed by atoms with Gasteiger partial charge in [0.15, 0.2) is 27.2 Å². The van der Waals surface area contributed by atoms with Crippen molar-refractivity contribution < 1.29 is 31.4 Å². The molecule has 0 unspecified atom stereocenters. The van der Waals surface area contributed by atoms with Crippen molar-refractivity contribution in [1.29, 1.82) is 0 Å². The first-order chi connectivity index (χ1) is 18.8. The maximum Gasteiger partial charge on any atom is 0.225 e. The quantitative estimate of drug-likeness (QED) is 0.300. The van der Waals surface area contributed by atoms with Crippen molar-refractivity contribution in [3.8, 4) is 28.8 Å². The summed E-state index contributed by atoms with van der Waals surface area (Å²) in [6, 6.07) is 8.61. The molecule has 4 heterocycles. The highest BCUT2D eigenvalue weighted by atomic mass is 32.2.